The van der Waals surface area contributed by atoms with Gasteiger partial charge >= 0.3 is 5.97 Å². The second kappa shape index (κ2) is 10.5. The van der Waals surface area contributed by atoms with Crippen LogP contribution in [0.3, 0.4) is 0 Å². The van der Waals surface area contributed by atoms with Crippen LogP contribution in [0.25, 0.3) is 0 Å². The van der Waals surface area contributed by atoms with Gasteiger partial charge in [-0.3, -0.25) is 19.3 Å². The van der Waals surface area contributed by atoms with Gasteiger partial charge in [-0.15, -0.1) is 33.3 Å². The van der Waals surface area contributed by atoms with Gasteiger partial charge in [0.25, 0.3) is 11.8 Å². The lowest BCUT2D eigenvalue weighted by Gasteiger charge is -2.49. The van der Waals surface area contributed by atoms with Crippen molar-refractivity contribution >= 4 is 81.2 Å². The quantitative estimate of drug-likeness (QED) is 0.125. The number of β-lactam (4-membered cyclic amide) rings is 1. The SMILES string of the molecule is CON=C(C(=O)NC1C(=O)N2C(C(=O)O)=C(CSc3nncs3)CS[C@@H]12)c1csc(NC=O)n1. The minimum absolute atomic E-state index is 0.0777. The average molecular weight is 542 g/mol. The Bertz CT molecular complexity index is 1180. The molecule has 2 aromatic heterocycles. The fourth-order valence-electron chi connectivity index (χ4n) is 3.17. The summed E-state index contributed by atoms with van der Waals surface area (Å²) in [6.45, 7) is 0. The normalized spacial score (nSPS) is 19.9. The Morgan fingerprint density at radius 1 is 1.44 bits per heavy atom. The molecular formula is C17H15N7O6S4. The van der Waals surface area contributed by atoms with E-state index in [1.807, 2.05) is 0 Å². The van der Waals surface area contributed by atoms with Crippen LogP contribution in [-0.4, -0.2) is 85.1 Å². The van der Waals surface area contributed by atoms with Gasteiger partial charge in [0.1, 0.15) is 35.4 Å². The van der Waals surface area contributed by atoms with Crippen LogP contribution in [0.15, 0.2) is 31.7 Å². The molecule has 13 nitrogen and oxygen atoms in total. The molecule has 0 spiro atoms. The molecule has 3 amide bonds. The first-order chi connectivity index (χ1) is 16.4. The summed E-state index contributed by atoms with van der Waals surface area (Å²) in [5, 5.41) is 27.3. The number of nitrogens with zero attached hydrogens (tertiary/aromatic N) is 5. The van der Waals surface area contributed by atoms with Crippen molar-refractivity contribution in [2.45, 2.75) is 15.8 Å². The molecule has 2 aliphatic rings. The summed E-state index contributed by atoms with van der Waals surface area (Å²) in [4.78, 5) is 58.3. The van der Waals surface area contributed by atoms with Gasteiger partial charge in [-0.2, -0.15) is 0 Å². The zero-order chi connectivity index (χ0) is 24.2. The minimum atomic E-state index is -1.21. The van der Waals surface area contributed by atoms with Gasteiger partial charge in [-0.05, 0) is 5.57 Å². The summed E-state index contributed by atoms with van der Waals surface area (Å²) >= 11 is 5.12. The number of amides is 3. The molecule has 1 fully saturated rings. The van der Waals surface area contributed by atoms with Gasteiger partial charge in [0.2, 0.25) is 6.41 Å². The number of hydrogen-bond donors (Lipinski definition) is 3. The fraction of sp³-hybridized carbons (Fsp3) is 0.294. The van der Waals surface area contributed by atoms with E-state index in [0.29, 0.717) is 27.8 Å². The van der Waals surface area contributed by atoms with E-state index in [1.165, 1.54) is 52.3 Å². The van der Waals surface area contributed by atoms with E-state index in [1.54, 1.807) is 5.51 Å². The topological polar surface area (TPSA) is 176 Å². The van der Waals surface area contributed by atoms with Crippen molar-refractivity contribution in [3.8, 4) is 0 Å². The largest absolute Gasteiger partial charge is 0.477 e. The summed E-state index contributed by atoms with van der Waals surface area (Å²) in [5.74, 6) is -1.75. The van der Waals surface area contributed by atoms with Crippen LogP contribution < -0.4 is 10.6 Å². The number of hydrogen-bond acceptors (Lipinski definition) is 13. The van der Waals surface area contributed by atoms with Crippen LogP contribution >= 0.6 is 46.2 Å². The summed E-state index contributed by atoms with van der Waals surface area (Å²) in [6.07, 6.45) is 0.450. The number of carboxylic acids is 1. The van der Waals surface area contributed by atoms with E-state index >= 15 is 0 Å². The van der Waals surface area contributed by atoms with Crippen LogP contribution in [-0.2, 0) is 24.0 Å². The maximum absolute atomic E-state index is 12.9. The average Bonchev–Trinajstić information content (AvgIpc) is 3.51. The van der Waals surface area contributed by atoms with Crippen molar-refractivity contribution in [1.82, 2.24) is 25.4 Å². The molecule has 178 valence electrons. The van der Waals surface area contributed by atoms with Gasteiger partial charge in [-0.1, -0.05) is 28.3 Å². The molecule has 4 heterocycles. The zero-order valence-corrected chi connectivity index (χ0v) is 20.4. The van der Waals surface area contributed by atoms with Crippen molar-refractivity contribution in [1.29, 1.82) is 0 Å². The van der Waals surface area contributed by atoms with Crippen molar-refractivity contribution in [2.75, 3.05) is 23.9 Å². The second-order valence-corrected chi connectivity index (χ2v) is 10.6. The Labute approximate surface area is 208 Å². The van der Waals surface area contributed by atoms with Crippen molar-refractivity contribution < 1.29 is 29.1 Å². The third-order valence-corrected chi connectivity index (χ3v) is 8.63. The summed E-state index contributed by atoms with van der Waals surface area (Å²) in [7, 11) is 1.25. The highest BCUT2D eigenvalue weighted by molar-refractivity contribution is 8.01. The number of carboxylic acid groups (broad SMARTS) is 1. The lowest BCUT2D eigenvalue weighted by molar-refractivity contribution is -0.150. The second-order valence-electron chi connectivity index (χ2n) is 6.53. The van der Waals surface area contributed by atoms with Crippen molar-refractivity contribution in [3.63, 3.8) is 0 Å². The van der Waals surface area contributed by atoms with E-state index in [-0.39, 0.29) is 22.2 Å². The monoisotopic (exact) mass is 541 g/mol. The Kier molecular flexibility index (Phi) is 7.44. The minimum Gasteiger partial charge on any atom is -0.477 e. The van der Waals surface area contributed by atoms with Gasteiger partial charge in [0, 0.05) is 16.9 Å². The lowest BCUT2D eigenvalue weighted by Crippen LogP contribution is -2.71. The van der Waals surface area contributed by atoms with Crippen LogP contribution in [0.4, 0.5) is 5.13 Å². The van der Waals surface area contributed by atoms with Gasteiger partial charge in [0.05, 0.1) is 0 Å². The zero-order valence-electron chi connectivity index (χ0n) is 17.2. The lowest BCUT2D eigenvalue weighted by atomic mass is 10.0. The number of nitrogens with one attached hydrogen (secondary N) is 2. The highest BCUT2D eigenvalue weighted by Gasteiger charge is 2.54. The molecule has 0 bridgehead atoms. The van der Waals surface area contributed by atoms with E-state index in [4.69, 9.17) is 4.84 Å². The predicted molar refractivity (Wildman–Crippen MR) is 126 cm³/mol. The highest BCUT2D eigenvalue weighted by Crippen LogP contribution is 2.41. The van der Waals surface area contributed by atoms with Crippen molar-refractivity contribution in [2.24, 2.45) is 5.16 Å². The number of aliphatic carboxylic acids is 1. The number of oxime groups is 1. The molecule has 3 N–H and O–H groups in total. The Morgan fingerprint density at radius 2 is 2.26 bits per heavy atom. The number of thiazole rings is 1. The third-order valence-electron chi connectivity index (χ3n) is 4.57. The highest BCUT2D eigenvalue weighted by atomic mass is 32.2. The van der Waals surface area contributed by atoms with E-state index < -0.39 is 29.2 Å². The number of carbonyl (C=O) groups is 4. The Hall–Kier alpha value is -3.02. The molecule has 1 saturated heterocycles. The number of fused-ring (bicyclic) bond motifs is 1. The smallest absolute Gasteiger partial charge is 0.352 e. The Balaban J connectivity index is 1.48. The predicted octanol–water partition coefficient (Wildman–Crippen LogP) is 0.444. The van der Waals surface area contributed by atoms with Crippen LogP contribution in [0, 0.1) is 0 Å². The molecule has 0 aliphatic carbocycles. The maximum atomic E-state index is 12.9. The van der Waals surface area contributed by atoms with E-state index in [9.17, 15) is 24.3 Å². The molecule has 4 rings (SSSR count). The number of thioether (sulfide) groups is 2. The molecule has 2 atom stereocenters. The molecule has 2 aromatic rings. The molecule has 34 heavy (non-hydrogen) atoms. The van der Waals surface area contributed by atoms with Gasteiger partial charge in [-0.25, -0.2) is 9.78 Å². The molecular weight excluding hydrogens is 526 g/mol. The van der Waals surface area contributed by atoms with Crippen LogP contribution in [0.5, 0.6) is 0 Å². The van der Waals surface area contributed by atoms with E-state index in [2.05, 4.69) is 31.0 Å². The molecule has 17 heteroatoms. The summed E-state index contributed by atoms with van der Waals surface area (Å²) in [6, 6.07) is -0.947. The number of aromatic nitrogens is 3. The third kappa shape index (κ3) is 4.77. The van der Waals surface area contributed by atoms with Gasteiger partial charge in [0.15, 0.2) is 15.2 Å². The van der Waals surface area contributed by atoms with Crippen molar-refractivity contribution in [3.05, 3.63) is 27.9 Å². The molecule has 0 saturated carbocycles. The number of carbonyl (C=O) groups excluding carboxylic acids is 3. The summed E-state index contributed by atoms with van der Waals surface area (Å²) < 4.78 is 0.697. The first-order valence-electron chi connectivity index (χ1n) is 9.31. The Morgan fingerprint density at radius 3 is 2.94 bits per heavy atom. The number of anilines is 1. The fourth-order valence-corrected chi connectivity index (χ4v) is 6.80. The summed E-state index contributed by atoms with van der Waals surface area (Å²) in [5.41, 5.74) is 2.06. The number of rotatable bonds is 10. The van der Waals surface area contributed by atoms with E-state index in [0.717, 1.165) is 11.3 Å². The van der Waals surface area contributed by atoms with Crippen LogP contribution in [0.1, 0.15) is 5.69 Å². The van der Waals surface area contributed by atoms with Gasteiger partial charge < -0.3 is 20.6 Å². The first-order valence-corrected chi connectivity index (χ1v) is 13.1. The molecule has 0 aromatic carbocycles. The standard InChI is InChI=1S/C17H15N7O6S4/c1-30-23-9(8-4-32-16(20-8)18-5-25)12(26)21-10-13(27)24-11(15(28)29)7(2-31-14(10)24)3-33-17-22-19-6-34-17/h4-6,10,14H,2-3H2,1H3,(H,21,26)(H,28,29)(H,18,20,25)/t10?,14-/m0/s1. The molecule has 1 unspecified atom stereocenters. The maximum Gasteiger partial charge on any atom is 0.352 e. The molecule has 2 aliphatic heterocycles. The van der Waals surface area contributed by atoms with Crippen LogP contribution in [0.2, 0.25) is 0 Å². The first kappa shape index (κ1) is 24.1. The molecule has 0 radical (unpaired) electrons.